The monoisotopic (exact) mass is 503 g/mol. The molecule has 4 rings (SSSR count). The number of hydrogen-bond donors (Lipinski definition) is 0. The largest absolute Gasteiger partial charge is 0.493 e. The molecule has 0 atom stereocenters. The van der Waals surface area contributed by atoms with Crippen LogP contribution < -0.4 is 15.0 Å². The Bertz CT molecular complexity index is 1200. The van der Waals surface area contributed by atoms with E-state index in [9.17, 15) is 4.79 Å². The SMILES string of the molecule is COc1cc(Cl)cc(C=Nn2c(C3CCCCC3)nc3ccc(Br)cc3c2=O)c1OC. The highest BCUT2D eigenvalue weighted by molar-refractivity contribution is 9.10. The van der Waals surface area contributed by atoms with Crippen LogP contribution in [0.25, 0.3) is 10.9 Å². The summed E-state index contributed by atoms with van der Waals surface area (Å²) in [6, 6.07) is 8.95. The molecule has 1 aliphatic rings. The standard InChI is InChI=1S/C23H23BrClN3O3/c1-30-20-12-17(25)10-15(21(20)31-2)13-26-28-22(14-6-4-3-5-7-14)27-19-9-8-16(24)11-18(19)23(28)29/h8-14H,3-7H2,1-2H3. The third-order valence-electron chi connectivity index (χ3n) is 5.59. The van der Waals surface area contributed by atoms with Crippen LogP contribution in [0, 0.1) is 0 Å². The van der Waals surface area contributed by atoms with Gasteiger partial charge in [-0.1, -0.05) is 46.8 Å². The number of rotatable bonds is 5. The van der Waals surface area contributed by atoms with E-state index in [1.165, 1.54) is 11.1 Å². The molecule has 1 heterocycles. The zero-order valence-electron chi connectivity index (χ0n) is 17.4. The van der Waals surface area contributed by atoms with Gasteiger partial charge in [-0.2, -0.15) is 9.78 Å². The number of halogens is 2. The van der Waals surface area contributed by atoms with Crippen molar-refractivity contribution in [2.75, 3.05) is 14.2 Å². The quantitative estimate of drug-likeness (QED) is 0.414. The normalized spacial score (nSPS) is 15.0. The molecule has 2 aromatic carbocycles. The Morgan fingerprint density at radius 2 is 1.94 bits per heavy atom. The predicted molar refractivity (Wildman–Crippen MR) is 127 cm³/mol. The summed E-state index contributed by atoms with van der Waals surface area (Å²) in [4.78, 5) is 18.3. The lowest BCUT2D eigenvalue weighted by atomic mass is 9.88. The van der Waals surface area contributed by atoms with Crippen LogP contribution in [0.4, 0.5) is 0 Å². The Balaban J connectivity index is 1.89. The summed E-state index contributed by atoms with van der Waals surface area (Å²) in [5.41, 5.74) is 1.10. The zero-order chi connectivity index (χ0) is 22.0. The lowest BCUT2D eigenvalue weighted by Gasteiger charge is -2.22. The first-order valence-corrected chi connectivity index (χ1v) is 11.4. The number of methoxy groups -OCH3 is 2. The summed E-state index contributed by atoms with van der Waals surface area (Å²) >= 11 is 9.68. The number of hydrogen-bond acceptors (Lipinski definition) is 5. The molecule has 1 aliphatic carbocycles. The van der Waals surface area contributed by atoms with E-state index in [2.05, 4.69) is 21.0 Å². The van der Waals surface area contributed by atoms with Gasteiger partial charge in [0.1, 0.15) is 5.82 Å². The molecule has 0 radical (unpaired) electrons. The minimum absolute atomic E-state index is 0.197. The Morgan fingerprint density at radius 1 is 1.16 bits per heavy atom. The van der Waals surface area contributed by atoms with Crippen LogP contribution in [0.3, 0.4) is 0 Å². The van der Waals surface area contributed by atoms with E-state index < -0.39 is 0 Å². The summed E-state index contributed by atoms with van der Waals surface area (Å²) in [5.74, 6) is 1.89. The fourth-order valence-electron chi connectivity index (χ4n) is 4.08. The fraction of sp³-hybridized carbons (Fsp3) is 0.348. The summed E-state index contributed by atoms with van der Waals surface area (Å²) in [6.45, 7) is 0. The second-order valence-corrected chi connectivity index (χ2v) is 8.91. The third kappa shape index (κ3) is 4.48. The number of ether oxygens (including phenoxy) is 2. The Morgan fingerprint density at radius 3 is 2.65 bits per heavy atom. The average molecular weight is 505 g/mol. The van der Waals surface area contributed by atoms with E-state index >= 15 is 0 Å². The van der Waals surface area contributed by atoms with Crippen LogP contribution in [-0.2, 0) is 0 Å². The molecule has 31 heavy (non-hydrogen) atoms. The first-order valence-electron chi connectivity index (χ1n) is 10.2. The Labute approximate surface area is 194 Å². The number of aromatic nitrogens is 2. The lowest BCUT2D eigenvalue weighted by Crippen LogP contribution is -2.25. The van der Waals surface area contributed by atoms with Gasteiger partial charge in [-0.15, -0.1) is 0 Å². The molecule has 0 unspecified atom stereocenters. The highest BCUT2D eigenvalue weighted by atomic mass is 79.9. The number of benzene rings is 2. The van der Waals surface area contributed by atoms with Crippen molar-refractivity contribution in [1.29, 1.82) is 0 Å². The molecule has 0 N–H and O–H groups in total. The summed E-state index contributed by atoms with van der Waals surface area (Å²) in [6.07, 6.45) is 7.04. The van der Waals surface area contributed by atoms with Gasteiger partial charge in [-0.25, -0.2) is 4.98 Å². The molecule has 1 aromatic heterocycles. The maximum Gasteiger partial charge on any atom is 0.282 e. The van der Waals surface area contributed by atoms with Gasteiger partial charge in [0.2, 0.25) is 0 Å². The molecule has 0 saturated heterocycles. The first kappa shape index (κ1) is 21.8. The average Bonchev–Trinajstić information content (AvgIpc) is 2.78. The van der Waals surface area contributed by atoms with Crippen LogP contribution in [0.5, 0.6) is 11.5 Å². The fourth-order valence-corrected chi connectivity index (χ4v) is 4.66. The van der Waals surface area contributed by atoms with Gasteiger partial charge in [0.25, 0.3) is 5.56 Å². The Kier molecular flexibility index (Phi) is 6.62. The lowest BCUT2D eigenvalue weighted by molar-refractivity contribution is 0.354. The van der Waals surface area contributed by atoms with Crippen LogP contribution in [-0.4, -0.2) is 30.1 Å². The summed E-state index contributed by atoms with van der Waals surface area (Å²) in [5, 5.41) is 5.56. The topological polar surface area (TPSA) is 65.7 Å². The van der Waals surface area contributed by atoms with Crippen molar-refractivity contribution >= 4 is 44.6 Å². The van der Waals surface area contributed by atoms with Gasteiger partial charge in [0, 0.05) is 27.0 Å². The minimum atomic E-state index is -0.198. The van der Waals surface area contributed by atoms with Crippen molar-refractivity contribution in [2.24, 2.45) is 5.10 Å². The molecule has 3 aromatic rings. The number of fused-ring (bicyclic) bond motifs is 1. The highest BCUT2D eigenvalue weighted by Gasteiger charge is 2.22. The predicted octanol–water partition coefficient (Wildman–Crippen LogP) is 5.76. The maximum atomic E-state index is 13.4. The molecule has 1 fully saturated rings. The van der Waals surface area contributed by atoms with Crippen molar-refractivity contribution in [1.82, 2.24) is 9.66 Å². The molecule has 6 nitrogen and oxygen atoms in total. The first-order chi connectivity index (χ1) is 15.0. The van der Waals surface area contributed by atoms with Crippen LogP contribution in [0.1, 0.15) is 49.4 Å². The number of nitrogens with zero attached hydrogens (tertiary/aromatic N) is 3. The minimum Gasteiger partial charge on any atom is -0.493 e. The van der Waals surface area contributed by atoms with E-state index in [-0.39, 0.29) is 11.5 Å². The molecular formula is C23H23BrClN3O3. The summed E-state index contributed by atoms with van der Waals surface area (Å²) < 4.78 is 13.1. The van der Waals surface area contributed by atoms with E-state index in [0.717, 1.165) is 30.2 Å². The van der Waals surface area contributed by atoms with E-state index in [1.54, 1.807) is 38.6 Å². The van der Waals surface area contributed by atoms with Gasteiger partial charge in [-0.05, 0) is 37.1 Å². The van der Waals surface area contributed by atoms with Crippen molar-refractivity contribution < 1.29 is 9.47 Å². The smallest absolute Gasteiger partial charge is 0.282 e. The van der Waals surface area contributed by atoms with Gasteiger partial charge in [-0.3, -0.25) is 4.79 Å². The van der Waals surface area contributed by atoms with Crippen molar-refractivity contribution in [3.63, 3.8) is 0 Å². The third-order valence-corrected chi connectivity index (χ3v) is 6.30. The Hall–Kier alpha value is -2.38. The van der Waals surface area contributed by atoms with Crippen LogP contribution >= 0.6 is 27.5 Å². The second kappa shape index (κ2) is 9.40. The van der Waals surface area contributed by atoms with Gasteiger partial charge >= 0.3 is 0 Å². The van der Waals surface area contributed by atoms with Crippen LogP contribution in [0.2, 0.25) is 5.02 Å². The van der Waals surface area contributed by atoms with E-state index in [1.807, 2.05) is 12.1 Å². The van der Waals surface area contributed by atoms with E-state index in [0.29, 0.717) is 38.8 Å². The second-order valence-electron chi connectivity index (χ2n) is 7.56. The maximum absolute atomic E-state index is 13.4. The molecule has 8 heteroatoms. The molecule has 0 amide bonds. The van der Waals surface area contributed by atoms with Crippen molar-refractivity contribution in [2.45, 2.75) is 38.0 Å². The zero-order valence-corrected chi connectivity index (χ0v) is 19.7. The summed E-state index contributed by atoms with van der Waals surface area (Å²) in [7, 11) is 3.10. The van der Waals surface area contributed by atoms with Crippen LogP contribution in [0.15, 0.2) is 44.7 Å². The highest BCUT2D eigenvalue weighted by Crippen LogP contribution is 2.34. The van der Waals surface area contributed by atoms with Crippen molar-refractivity contribution in [3.8, 4) is 11.5 Å². The van der Waals surface area contributed by atoms with Gasteiger partial charge < -0.3 is 9.47 Å². The molecule has 1 saturated carbocycles. The molecule has 0 aliphatic heterocycles. The molecule has 0 spiro atoms. The molecule has 162 valence electrons. The molecular weight excluding hydrogens is 482 g/mol. The van der Waals surface area contributed by atoms with E-state index in [4.69, 9.17) is 26.1 Å². The molecule has 0 bridgehead atoms. The van der Waals surface area contributed by atoms with Gasteiger partial charge in [0.15, 0.2) is 11.5 Å². The van der Waals surface area contributed by atoms with Gasteiger partial charge in [0.05, 0.1) is 31.3 Å². The van der Waals surface area contributed by atoms with Crippen molar-refractivity contribution in [3.05, 3.63) is 61.6 Å².